The zero-order chi connectivity index (χ0) is 18.6. The number of amides is 2. The lowest BCUT2D eigenvalue weighted by Gasteiger charge is -2.21. The van der Waals surface area contributed by atoms with E-state index in [1.165, 1.54) is 40.5 Å². The lowest BCUT2D eigenvalue weighted by atomic mass is 10.1. The van der Waals surface area contributed by atoms with Crippen LogP contribution in [0.15, 0.2) is 40.2 Å². The number of thiophene rings is 1. The normalized spacial score (nSPS) is 11.6. The summed E-state index contributed by atoms with van der Waals surface area (Å²) < 4.78 is 0.982. The molecule has 132 valence electrons. The maximum absolute atomic E-state index is 12.4. The van der Waals surface area contributed by atoms with Crippen LogP contribution in [0.2, 0.25) is 0 Å². The summed E-state index contributed by atoms with van der Waals surface area (Å²) in [5.74, 6) is -0.778. The Bertz CT molecular complexity index is 808. The monoisotopic (exact) mass is 425 g/mol. The van der Waals surface area contributed by atoms with E-state index in [-0.39, 0.29) is 17.2 Å². The molecule has 7 nitrogen and oxygen atoms in total. The molecule has 0 radical (unpaired) electrons. The van der Waals surface area contributed by atoms with Crippen LogP contribution >= 0.6 is 27.3 Å². The van der Waals surface area contributed by atoms with Crippen molar-refractivity contribution in [3.05, 3.63) is 60.7 Å². The van der Waals surface area contributed by atoms with E-state index in [1.807, 2.05) is 12.1 Å². The minimum Gasteiger partial charge on any atom is -0.341 e. The van der Waals surface area contributed by atoms with Crippen molar-refractivity contribution >= 4 is 44.8 Å². The average molecular weight is 426 g/mol. The Morgan fingerprint density at radius 1 is 1.36 bits per heavy atom. The molecular weight excluding hydrogens is 410 g/mol. The minimum absolute atomic E-state index is 0.138. The van der Waals surface area contributed by atoms with Gasteiger partial charge in [-0.05, 0) is 41.1 Å². The number of nitro benzene ring substituents is 1. The van der Waals surface area contributed by atoms with Crippen molar-refractivity contribution in [3.63, 3.8) is 0 Å². The predicted molar refractivity (Wildman–Crippen MR) is 98.5 cm³/mol. The molecular formula is C16H16BrN3O4S. The van der Waals surface area contributed by atoms with Crippen molar-refractivity contribution in [2.75, 3.05) is 7.05 Å². The van der Waals surface area contributed by atoms with Crippen LogP contribution in [0, 0.1) is 10.1 Å². The van der Waals surface area contributed by atoms with Crippen molar-refractivity contribution in [2.24, 2.45) is 0 Å². The number of benzene rings is 1. The van der Waals surface area contributed by atoms with Crippen LogP contribution in [0.4, 0.5) is 5.69 Å². The molecule has 1 unspecified atom stereocenters. The number of halogens is 1. The van der Waals surface area contributed by atoms with Gasteiger partial charge in [-0.3, -0.25) is 19.7 Å². The summed E-state index contributed by atoms with van der Waals surface area (Å²) in [4.78, 5) is 37.4. The number of likely N-dealkylation sites (N-methyl/N-ethyl adjacent to an activating group) is 1. The third kappa shape index (κ3) is 5.10. The highest BCUT2D eigenvalue weighted by molar-refractivity contribution is 9.11. The molecule has 0 spiro atoms. The average Bonchev–Trinajstić information content (AvgIpc) is 2.98. The summed E-state index contributed by atoms with van der Waals surface area (Å²) in [5, 5.41) is 13.4. The van der Waals surface area contributed by atoms with E-state index in [9.17, 15) is 19.7 Å². The fourth-order valence-corrected chi connectivity index (χ4v) is 3.72. The van der Waals surface area contributed by atoms with E-state index >= 15 is 0 Å². The first-order chi connectivity index (χ1) is 11.8. The van der Waals surface area contributed by atoms with Gasteiger partial charge in [0.2, 0.25) is 5.91 Å². The number of carbonyl (C=O) groups is 2. The Kier molecular flexibility index (Phi) is 6.27. The number of hydrogen-bond donors (Lipinski definition) is 1. The van der Waals surface area contributed by atoms with Crippen molar-refractivity contribution < 1.29 is 14.5 Å². The van der Waals surface area contributed by atoms with Crippen LogP contribution in [0.3, 0.4) is 0 Å². The van der Waals surface area contributed by atoms with Gasteiger partial charge in [0.15, 0.2) is 0 Å². The molecule has 2 rings (SSSR count). The second-order valence-electron chi connectivity index (χ2n) is 5.40. The fourth-order valence-electron chi connectivity index (χ4n) is 2.18. The van der Waals surface area contributed by atoms with Gasteiger partial charge in [0, 0.05) is 29.6 Å². The van der Waals surface area contributed by atoms with Gasteiger partial charge in [0.05, 0.1) is 15.3 Å². The smallest absolute Gasteiger partial charge is 0.270 e. The van der Waals surface area contributed by atoms with Gasteiger partial charge in [-0.2, -0.15) is 0 Å². The standard InChI is InChI=1S/C16H16BrN3O4S/c1-10(16(22)19(2)9-13-6-7-14(17)25-13)18-15(21)11-4-3-5-12(8-11)20(23)24/h3-8,10H,9H2,1-2H3,(H,18,21). The number of nitrogens with zero attached hydrogens (tertiary/aromatic N) is 2. The van der Waals surface area contributed by atoms with Gasteiger partial charge >= 0.3 is 0 Å². The molecule has 2 aromatic rings. The van der Waals surface area contributed by atoms with Crippen molar-refractivity contribution in [2.45, 2.75) is 19.5 Å². The summed E-state index contributed by atoms with van der Waals surface area (Å²) in [6, 6.07) is 8.46. The van der Waals surface area contributed by atoms with Crippen molar-refractivity contribution in [3.8, 4) is 0 Å². The maximum atomic E-state index is 12.4. The molecule has 1 N–H and O–H groups in total. The largest absolute Gasteiger partial charge is 0.341 e. The van der Waals surface area contributed by atoms with Crippen LogP contribution in [0.5, 0.6) is 0 Å². The SMILES string of the molecule is CC(NC(=O)c1cccc([N+](=O)[O-])c1)C(=O)N(C)Cc1ccc(Br)s1. The predicted octanol–water partition coefficient (Wildman–Crippen LogP) is 3.20. The molecule has 0 bridgehead atoms. The van der Waals surface area contributed by atoms with Crippen LogP contribution in [0.1, 0.15) is 22.2 Å². The zero-order valence-electron chi connectivity index (χ0n) is 13.6. The Labute approximate surface area is 156 Å². The summed E-state index contributed by atoms with van der Waals surface area (Å²) >= 11 is 4.90. The first-order valence-corrected chi connectivity index (χ1v) is 8.93. The molecule has 1 aromatic heterocycles. The third-order valence-corrected chi connectivity index (χ3v) is 5.04. The molecule has 1 aromatic carbocycles. The van der Waals surface area contributed by atoms with Crippen LogP contribution in [-0.2, 0) is 11.3 Å². The van der Waals surface area contributed by atoms with Gasteiger partial charge in [-0.1, -0.05) is 6.07 Å². The Balaban J connectivity index is 1.98. The summed E-state index contributed by atoms with van der Waals surface area (Å²) in [7, 11) is 1.66. The summed E-state index contributed by atoms with van der Waals surface area (Å²) in [6.45, 7) is 2.02. The highest BCUT2D eigenvalue weighted by Crippen LogP contribution is 2.23. The molecule has 25 heavy (non-hydrogen) atoms. The number of rotatable bonds is 6. The van der Waals surface area contributed by atoms with E-state index in [0.717, 1.165) is 8.66 Å². The number of non-ortho nitro benzene ring substituents is 1. The lowest BCUT2D eigenvalue weighted by molar-refractivity contribution is -0.384. The molecule has 0 aliphatic carbocycles. The molecule has 1 atom stereocenters. The first-order valence-electron chi connectivity index (χ1n) is 7.32. The highest BCUT2D eigenvalue weighted by Gasteiger charge is 2.21. The van der Waals surface area contributed by atoms with E-state index in [0.29, 0.717) is 6.54 Å². The molecule has 0 aliphatic rings. The molecule has 9 heteroatoms. The molecule has 0 saturated carbocycles. The molecule has 1 heterocycles. The minimum atomic E-state index is -0.750. The van der Waals surface area contributed by atoms with Gasteiger partial charge in [-0.15, -0.1) is 11.3 Å². The van der Waals surface area contributed by atoms with Gasteiger partial charge in [0.25, 0.3) is 11.6 Å². The first kappa shape index (κ1) is 19.1. The van der Waals surface area contributed by atoms with E-state index in [2.05, 4.69) is 21.2 Å². The summed E-state index contributed by atoms with van der Waals surface area (Å²) in [5.41, 5.74) is -0.0364. The van der Waals surface area contributed by atoms with Crippen LogP contribution < -0.4 is 5.32 Å². The highest BCUT2D eigenvalue weighted by atomic mass is 79.9. The molecule has 0 fully saturated rings. The topological polar surface area (TPSA) is 92.5 Å². The number of hydrogen-bond acceptors (Lipinski definition) is 5. The van der Waals surface area contributed by atoms with E-state index in [4.69, 9.17) is 0 Å². The second-order valence-corrected chi connectivity index (χ2v) is 7.95. The van der Waals surface area contributed by atoms with Gasteiger partial charge in [-0.25, -0.2) is 0 Å². The quantitative estimate of drug-likeness (QED) is 0.567. The van der Waals surface area contributed by atoms with E-state index < -0.39 is 16.9 Å². The number of nitro groups is 1. The second kappa shape index (κ2) is 8.21. The molecule has 2 amide bonds. The Morgan fingerprint density at radius 3 is 2.68 bits per heavy atom. The maximum Gasteiger partial charge on any atom is 0.270 e. The molecule has 0 saturated heterocycles. The van der Waals surface area contributed by atoms with Crippen LogP contribution in [0.25, 0.3) is 0 Å². The summed E-state index contributed by atoms with van der Waals surface area (Å²) in [6.07, 6.45) is 0. The Morgan fingerprint density at radius 2 is 2.08 bits per heavy atom. The zero-order valence-corrected chi connectivity index (χ0v) is 16.0. The number of nitrogens with one attached hydrogen (secondary N) is 1. The van der Waals surface area contributed by atoms with Gasteiger partial charge in [0.1, 0.15) is 6.04 Å². The lowest BCUT2D eigenvalue weighted by Crippen LogP contribution is -2.45. The fraction of sp³-hybridized carbons (Fsp3) is 0.250. The van der Waals surface area contributed by atoms with Crippen molar-refractivity contribution in [1.29, 1.82) is 0 Å². The molecule has 0 aliphatic heterocycles. The van der Waals surface area contributed by atoms with Gasteiger partial charge < -0.3 is 10.2 Å². The third-order valence-electron chi connectivity index (χ3n) is 3.44. The van der Waals surface area contributed by atoms with Crippen molar-refractivity contribution in [1.82, 2.24) is 10.2 Å². The van der Waals surface area contributed by atoms with E-state index in [1.54, 1.807) is 14.0 Å². The Hall–Kier alpha value is -2.26. The number of carbonyl (C=O) groups excluding carboxylic acids is 2. The van der Waals surface area contributed by atoms with Crippen LogP contribution in [-0.4, -0.2) is 34.7 Å².